The van der Waals surface area contributed by atoms with Crippen molar-refractivity contribution in [1.29, 1.82) is 0 Å². The summed E-state index contributed by atoms with van der Waals surface area (Å²) in [6.45, 7) is 1.78. The van der Waals surface area contributed by atoms with Gasteiger partial charge in [0.25, 0.3) is 5.91 Å². The van der Waals surface area contributed by atoms with Crippen molar-refractivity contribution in [2.45, 2.75) is 13.0 Å². The topological polar surface area (TPSA) is 56.1 Å². The molecule has 0 spiro atoms. The molecule has 0 saturated heterocycles. The van der Waals surface area contributed by atoms with Gasteiger partial charge < -0.3 is 14.6 Å². The number of ether oxygens (including phenoxy) is 1. The van der Waals surface area contributed by atoms with Crippen molar-refractivity contribution in [2.24, 2.45) is 7.05 Å². The molecule has 0 unspecified atom stereocenters. The summed E-state index contributed by atoms with van der Waals surface area (Å²) in [6, 6.07) is 13.0. The first-order valence-electron chi connectivity index (χ1n) is 8.25. The Morgan fingerprint density at radius 2 is 2.08 bits per heavy atom. The van der Waals surface area contributed by atoms with Crippen LogP contribution in [-0.4, -0.2) is 22.1 Å². The highest BCUT2D eigenvalue weighted by Gasteiger charge is 2.21. The number of halogens is 1. The zero-order valence-corrected chi connectivity index (χ0v) is 14.6. The average Bonchev–Trinajstić information content (AvgIpc) is 3.05. The minimum Gasteiger partial charge on any atom is -0.484 e. The number of amides is 1. The quantitative estimate of drug-likeness (QED) is 0.741. The van der Waals surface area contributed by atoms with Crippen LogP contribution in [-0.2, 0) is 11.8 Å². The number of carbonyl (C=O) groups excluding carboxylic acids is 1. The molecule has 134 valence electrons. The van der Waals surface area contributed by atoms with E-state index in [0.717, 1.165) is 5.56 Å². The lowest BCUT2D eigenvalue weighted by atomic mass is 10.1. The third kappa shape index (κ3) is 4.08. The predicted octanol–water partition coefficient (Wildman–Crippen LogP) is 3.15. The first-order valence-corrected chi connectivity index (χ1v) is 8.25. The molecule has 0 radical (unpaired) electrons. The molecular weight excluding hydrogens is 333 g/mol. The van der Waals surface area contributed by atoms with E-state index >= 15 is 0 Å². The summed E-state index contributed by atoms with van der Waals surface area (Å²) in [5.74, 6) is 0.583. The molecule has 0 fully saturated rings. The standard InChI is InChI=1S/C20H20FN3O2/c1-14-6-3-4-9-17(14)26-13-18(25)23-19(20-22-10-11-24(20)2)15-7-5-8-16(21)12-15/h3-12,19H,13H2,1-2H3,(H,23,25)/t19-/m0/s1. The second-order valence-corrected chi connectivity index (χ2v) is 6.01. The van der Waals surface area contributed by atoms with Gasteiger partial charge in [-0.15, -0.1) is 0 Å². The van der Waals surface area contributed by atoms with Gasteiger partial charge in [0.15, 0.2) is 6.61 Å². The number of imidazole rings is 1. The van der Waals surface area contributed by atoms with Crippen molar-refractivity contribution in [3.8, 4) is 5.75 Å². The number of carbonyl (C=O) groups is 1. The van der Waals surface area contributed by atoms with Crippen LogP contribution in [0.3, 0.4) is 0 Å². The highest BCUT2D eigenvalue weighted by atomic mass is 19.1. The molecule has 1 aromatic heterocycles. The van der Waals surface area contributed by atoms with Gasteiger partial charge in [0.05, 0.1) is 0 Å². The third-order valence-corrected chi connectivity index (χ3v) is 4.06. The predicted molar refractivity (Wildman–Crippen MR) is 96.3 cm³/mol. The molecule has 0 aliphatic heterocycles. The number of aromatic nitrogens is 2. The maximum atomic E-state index is 13.7. The molecule has 1 amide bonds. The van der Waals surface area contributed by atoms with Gasteiger partial charge in [-0.1, -0.05) is 30.3 Å². The van der Waals surface area contributed by atoms with Crippen molar-refractivity contribution < 1.29 is 13.9 Å². The molecule has 6 heteroatoms. The fraction of sp³-hybridized carbons (Fsp3) is 0.200. The molecule has 5 nitrogen and oxygen atoms in total. The second kappa shape index (κ2) is 7.82. The Morgan fingerprint density at radius 3 is 2.77 bits per heavy atom. The molecule has 1 heterocycles. The first-order chi connectivity index (χ1) is 12.5. The van der Waals surface area contributed by atoms with E-state index in [1.165, 1.54) is 12.1 Å². The smallest absolute Gasteiger partial charge is 0.258 e. The van der Waals surface area contributed by atoms with Crippen LogP contribution in [0.2, 0.25) is 0 Å². The molecule has 0 aliphatic carbocycles. The number of para-hydroxylation sites is 1. The number of benzene rings is 2. The van der Waals surface area contributed by atoms with Crippen LogP contribution in [0, 0.1) is 12.7 Å². The third-order valence-electron chi connectivity index (χ3n) is 4.06. The van der Waals surface area contributed by atoms with Crippen LogP contribution in [0.25, 0.3) is 0 Å². The van der Waals surface area contributed by atoms with Crippen LogP contribution in [0.4, 0.5) is 4.39 Å². The SMILES string of the molecule is Cc1ccccc1OCC(=O)N[C@@H](c1cccc(F)c1)c1nccn1C. The Bertz CT molecular complexity index is 907. The molecule has 0 bridgehead atoms. The fourth-order valence-corrected chi connectivity index (χ4v) is 2.70. The van der Waals surface area contributed by atoms with Crippen LogP contribution < -0.4 is 10.1 Å². The van der Waals surface area contributed by atoms with Crippen LogP contribution >= 0.6 is 0 Å². The Balaban J connectivity index is 1.76. The van der Waals surface area contributed by atoms with Crippen molar-refractivity contribution in [2.75, 3.05) is 6.61 Å². The molecule has 26 heavy (non-hydrogen) atoms. The van der Waals surface area contributed by atoms with Gasteiger partial charge in [0, 0.05) is 19.4 Å². The Kier molecular flexibility index (Phi) is 5.31. The van der Waals surface area contributed by atoms with Crippen molar-refractivity contribution in [3.05, 3.63) is 83.7 Å². The van der Waals surface area contributed by atoms with E-state index in [9.17, 15) is 9.18 Å². The van der Waals surface area contributed by atoms with E-state index in [2.05, 4.69) is 10.3 Å². The molecule has 1 atom stereocenters. The molecule has 1 N–H and O–H groups in total. The fourth-order valence-electron chi connectivity index (χ4n) is 2.70. The average molecular weight is 353 g/mol. The summed E-state index contributed by atoms with van der Waals surface area (Å²) < 4.78 is 21.0. The number of nitrogens with one attached hydrogen (secondary N) is 1. The number of aryl methyl sites for hydroxylation is 2. The Morgan fingerprint density at radius 1 is 1.27 bits per heavy atom. The van der Waals surface area contributed by atoms with E-state index in [1.54, 1.807) is 29.1 Å². The summed E-state index contributed by atoms with van der Waals surface area (Å²) in [5.41, 5.74) is 1.56. The number of hydrogen-bond acceptors (Lipinski definition) is 3. The van der Waals surface area contributed by atoms with Crippen LogP contribution in [0.15, 0.2) is 60.9 Å². The van der Waals surface area contributed by atoms with Crippen molar-refractivity contribution in [1.82, 2.24) is 14.9 Å². The van der Waals surface area contributed by atoms with E-state index in [0.29, 0.717) is 17.1 Å². The van der Waals surface area contributed by atoms with Gasteiger partial charge in [0.2, 0.25) is 0 Å². The molecular formula is C20H20FN3O2. The van der Waals surface area contributed by atoms with E-state index in [-0.39, 0.29) is 18.3 Å². The molecule has 3 rings (SSSR count). The van der Waals surface area contributed by atoms with E-state index < -0.39 is 6.04 Å². The largest absolute Gasteiger partial charge is 0.484 e. The van der Waals surface area contributed by atoms with Crippen molar-refractivity contribution >= 4 is 5.91 Å². The second-order valence-electron chi connectivity index (χ2n) is 6.01. The first kappa shape index (κ1) is 17.7. The van der Waals surface area contributed by atoms with Gasteiger partial charge in [0.1, 0.15) is 23.4 Å². The molecule has 0 saturated carbocycles. The summed E-state index contributed by atoms with van der Waals surface area (Å²) in [5, 5.41) is 2.88. The lowest BCUT2D eigenvalue weighted by molar-refractivity contribution is -0.123. The molecule has 0 aliphatic rings. The highest BCUT2D eigenvalue weighted by molar-refractivity contribution is 5.78. The Labute approximate surface area is 151 Å². The summed E-state index contributed by atoms with van der Waals surface area (Å²) >= 11 is 0. The number of rotatable bonds is 6. The van der Waals surface area contributed by atoms with Gasteiger partial charge in [-0.25, -0.2) is 9.37 Å². The lowest BCUT2D eigenvalue weighted by Gasteiger charge is -2.19. The molecule has 2 aromatic carbocycles. The zero-order chi connectivity index (χ0) is 18.5. The van der Waals surface area contributed by atoms with Crippen LogP contribution in [0.1, 0.15) is 23.0 Å². The van der Waals surface area contributed by atoms with Gasteiger partial charge >= 0.3 is 0 Å². The summed E-state index contributed by atoms with van der Waals surface area (Å²) in [6.07, 6.45) is 3.41. The summed E-state index contributed by atoms with van der Waals surface area (Å²) in [7, 11) is 1.82. The minimum atomic E-state index is -0.571. The molecule has 3 aromatic rings. The Hall–Kier alpha value is -3.15. The number of nitrogens with zero attached hydrogens (tertiary/aromatic N) is 2. The zero-order valence-electron chi connectivity index (χ0n) is 14.6. The summed E-state index contributed by atoms with van der Waals surface area (Å²) in [4.78, 5) is 16.7. The van der Waals surface area contributed by atoms with Crippen LogP contribution in [0.5, 0.6) is 5.75 Å². The highest BCUT2D eigenvalue weighted by Crippen LogP contribution is 2.21. The lowest BCUT2D eigenvalue weighted by Crippen LogP contribution is -2.34. The number of hydrogen-bond donors (Lipinski definition) is 1. The van der Waals surface area contributed by atoms with E-state index in [4.69, 9.17) is 4.74 Å². The van der Waals surface area contributed by atoms with Crippen molar-refractivity contribution in [3.63, 3.8) is 0 Å². The normalized spacial score (nSPS) is 11.8. The monoisotopic (exact) mass is 353 g/mol. The van der Waals surface area contributed by atoms with Gasteiger partial charge in [-0.3, -0.25) is 4.79 Å². The van der Waals surface area contributed by atoms with Gasteiger partial charge in [-0.05, 0) is 36.2 Å². The maximum absolute atomic E-state index is 13.7. The van der Waals surface area contributed by atoms with Gasteiger partial charge in [-0.2, -0.15) is 0 Å². The maximum Gasteiger partial charge on any atom is 0.258 e. The minimum absolute atomic E-state index is 0.138. The van der Waals surface area contributed by atoms with E-state index in [1.807, 2.05) is 38.2 Å².